The van der Waals surface area contributed by atoms with E-state index in [-0.39, 0.29) is 16.9 Å². The van der Waals surface area contributed by atoms with Gasteiger partial charge >= 0.3 is 0 Å². The van der Waals surface area contributed by atoms with Gasteiger partial charge in [-0.3, -0.25) is 9.52 Å². The van der Waals surface area contributed by atoms with Crippen LogP contribution in [-0.2, 0) is 15.4 Å². The molecule has 0 unspecified atom stereocenters. The van der Waals surface area contributed by atoms with Crippen molar-refractivity contribution < 1.29 is 22.7 Å². The van der Waals surface area contributed by atoms with Gasteiger partial charge in [-0.2, -0.15) is 0 Å². The Hall–Kier alpha value is -3.90. The number of aryl methyl sites for hydroxylation is 1. The van der Waals surface area contributed by atoms with Crippen LogP contribution in [0, 0.1) is 6.92 Å². The van der Waals surface area contributed by atoms with E-state index in [0.29, 0.717) is 28.9 Å². The lowest BCUT2D eigenvalue weighted by atomic mass is 9.86. The van der Waals surface area contributed by atoms with Crippen molar-refractivity contribution in [3.05, 3.63) is 59.4 Å². The fourth-order valence-corrected chi connectivity index (χ4v) is 5.53. The lowest BCUT2D eigenvalue weighted by Crippen LogP contribution is -2.42. The molecule has 232 valence electrons. The summed E-state index contributed by atoms with van der Waals surface area (Å²) in [5.41, 5.74) is 2.24. The van der Waals surface area contributed by atoms with Gasteiger partial charge in [0.2, 0.25) is 15.9 Å². The number of rotatable bonds is 9. The second-order valence-corrected chi connectivity index (χ2v) is 13.9. The Balaban J connectivity index is 1.58. The molecule has 43 heavy (non-hydrogen) atoms. The van der Waals surface area contributed by atoms with Gasteiger partial charge in [-0.1, -0.05) is 26.8 Å². The number of nitrogens with zero attached hydrogens (tertiary/aromatic N) is 4. The summed E-state index contributed by atoms with van der Waals surface area (Å²) in [5, 5.41) is 2.90. The highest BCUT2D eigenvalue weighted by molar-refractivity contribution is 7.92. The Morgan fingerprint density at radius 2 is 1.72 bits per heavy atom. The third-order valence-electron chi connectivity index (χ3n) is 7.51. The number of sulfonamides is 1. The van der Waals surface area contributed by atoms with Crippen LogP contribution in [0.15, 0.2) is 42.7 Å². The monoisotopic (exact) mass is 610 g/mol. The molecule has 3 aromatic rings. The highest BCUT2D eigenvalue weighted by atomic mass is 32.2. The maximum Gasteiger partial charge on any atom is 0.255 e. The Kier molecular flexibility index (Phi) is 9.50. The summed E-state index contributed by atoms with van der Waals surface area (Å²) < 4.78 is 38.3. The molecule has 0 atom stereocenters. The SMILES string of the molecule is COc1c(NC(=O)c2ccc(C)c(Oc3cc(N4CCC(N(C)C)CC4)ncn3)c2)cc(C(C)(C)C)cc1NS(C)(=O)=O. The van der Waals surface area contributed by atoms with Gasteiger partial charge in [0.25, 0.3) is 5.91 Å². The highest BCUT2D eigenvalue weighted by Crippen LogP contribution is 2.39. The van der Waals surface area contributed by atoms with Crippen molar-refractivity contribution in [3.8, 4) is 17.4 Å². The first-order chi connectivity index (χ1) is 20.1. The molecule has 2 aromatic carbocycles. The smallest absolute Gasteiger partial charge is 0.255 e. The van der Waals surface area contributed by atoms with Crippen LogP contribution in [0.5, 0.6) is 17.4 Å². The van der Waals surface area contributed by atoms with E-state index in [2.05, 4.69) is 43.9 Å². The first-order valence-corrected chi connectivity index (χ1v) is 16.1. The maximum atomic E-state index is 13.5. The van der Waals surface area contributed by atoms with Gasteiger partial charge in [0.1, 0.15) is 17.9 Å². The van der Waals surface area contributed by atoms with E-state index in [1.54, 1.807) is 30.3 Å². The first kappa shape index (κ1) is 32.0. The van der Waals surface area contributed by atoms with Crippen molar-refractivity contribution in [1.29, 1.82) is 0 Å². The van der Waals surface area contributed by atoms with Gasteiger partial charge < -0.3 is 24.6 Å². The minimum Gasteiger partial charge on any atom is -0.492 e. The summed E-state index contributed by atoms with van der Waals surface area (Å²) >= 11 is 0. The van der Waals surface area contributed by atoms with Gasteiger partial charge in [0.15, 0.2) is 5.75 Å². The molecule has 1 aromatic heterocycles. The predicted molar refractivity (Wildman–Crippen MR) is 170 cm³/mol. The van der Waals surface area contributed by atoms with E-state index in [9.17, 15) is 13.2 Å². The van der Waals surface area contributed by atoms with Crippen LogP contribution in [0.4, 0.5) is 17.2 Å². The van der Waals surface area contributed by atoms with Crippen molar-refractivity contribution in [3.63, 3.8) is 0 Å². The Bertz CT molecular complexity index is 1580. The molecule has 1 fully saturated rings. The number of nitrogens with one attached hydrogen (secondary N) is 2. The minimum atomic E-state index is -3.60. The minimum absolute atomic E-state index is 0.207. The molecule has 0 bridgehead atoms. The average molecular weight is 611 g/mol. The normalized spacial score (nSPS) is 14.5. The van der Waals surface area contributed by atoms with Gasteiger partial charge in [0.05, 0.1) is 24.7 Å². The number of amides is 1. The van der Waals surface area contributed by atoms with Gasteiger partial charge in [-0.25, -0.2) is 18.4 Å². The zero-order valence-corrected chi connectivity index (χ0v) is 27.0. The molecule has 1 saturated heterocycles. The summed E-state index contributed by atoms with van der Waals surface area (Å²) in [6.45, 7) is 9.68. The molecule has 1 amide bonds. The number of hydrogen-bond donors (Lipinski definition) is 2. The summed E-state index contributed by atoms with van der Waals surface area (Å²) in [7, 11) is 2.05. The average Bonchev–Trinajstić information content (AvgIpc) is 2.93. The van der Waals surface area contributed by atoms with Crippen LogP contribution in [-0.4, -0.2) is 75.8 Å². The van der Waals surface area contributed by atoms with Crippen LogP contribution >= 0.6 is 0 Å². The number of ether oxygens (including phenoxy) is 2. The van der Waals surface area contributed by atoms with E-state index in [0.717, 1.165) is 49.1 Å². The van der Waals surface area contributed by atoms with Crippen LogP contribution in [0.3, 0.4) is 0 Å². The van der Waals surface area contributed by atoms with Gasteiger partial charge in [-0.05, 0) is 74.7 Å². The molecule has 2 heterocycles. The van der Waals surface area contributed by atoms with Crippen LogP contribution in [0.2, 0.25) is 0 Å². The van der Waals surface area contributed by atoms with Crippen LogP contribution in [0.1, 0.15) is 55.1 Å². The molecule has 2 N–H and O–H groups in total. The molecule has 0 aliphatic carbocycles. The van der Waals surface area contributed by atoms with E-state index >= 15 is 0 Å². The number of hydrogen-bond acceptors (Lipinski definition) is 9. The third-order valence-corrected chi connectivity index (χ3v) is 8.10. The van der Waals surface area contributed by atoms with Crippen molar-refractivity contribution in [2.24, 2.45) is 0 Å². The summed E-state index contributed by atoms with van der Waals surface area (Å²) in [6, 6.07) is 11.1. The molecule has 0 radical (unpaired) electrons. The van der Waals surface area contributed by atoms with Gasteiger partial charge in [0, 0.05) is 30.8 Å². The first-order valence-electron chi connectivity index (χ1n) is 14.2. The molecule has 1 aliphatic rings. The lowest BCUT2D eigenvalue weighted by molar-refractivity contribution is 0.102. The Labute approximate surface area is 254 Å². The highest BCUT2D eigenvalue weighted by Gasteiger charge is 2.24. The molecule has 0 saturated carbocycles. The molecular weight excluding hydrogens is 568 g/mol. The van der Waals surface area contributed by atoms with E-state index < -0.39 is 15.9 Å². The van der Waals surface area contributed by atoms with E-state index in [1.807, 2.05) is 33.8 Å². The quantitative estimate of drug-likeness (QED) is 0.343. The molecular formula is C31H42N6O5S. The van der Waals surface area contributed by atoms with Crippen molar-refractivity contribution in [1.82, 2.24) is 14.9 Å². The number of anilines is 3. The van der Waals surface area contributed by atoms with Crippen molar-refractivity contribution in [2.75, 3.05) is 55.5 Å². The Morgan fingerprint density at radius 3 is 2.33 bits per heavy atom. The van der Waals surface area contributed by atoms with Gasteiger partial charge in [-0.15, -0.1) is 0 Å². The number of benzene rings is 2. The lowest BCUT2D eigenvalue weighted by Gasteiger charge is -2.35. The largest absolute Gasteiger partial charge is 0.492 e. The molecule has 11 nitrogen and oxygen atoms in total. The fraction of sp³-hybridized carbons (Fsp3) is 0.452. The predicted octanol–water partition coefficient (Wildman–Crippen LogP) is 5.04. The maximum absolute atomic E-state index is 13.5. The molecule has 0 spiro atoms. The summed E-state index contributed by atoms with van der Waals surface area (Å²) in [5.74, 6) is 1.47. The second kappa shape index (κ2) is 12.8. The summed E-state index contributed by atoms with van der Waals surface area (Å²) in [4.78, 5) is 26.8. The van der Waals surface area contributed by atoms with Crippen molar-refractivity contribution >= 4 is 33.1 Å². The van der Waals surface area contributed by atoms with Crippen LogP contribution in [0.25, 0.3) is 0 Å². The number of methoxy groups -OCH3 is 1. The topological polar surface area (TPSA) is 126 Å². The zero-order chi connectivity index (χ0) is 31.5. The third kappa shape index (κ3) is 8.14. The number of carbonyl (C=O) groups excluding carboxylic acids is 1. The van der Waals surface area contributed by atoms with E-state index in [4.69, 9.17) is 9.47 Å². The Morgan fingerprint density at radius 1 is 1.05 bits per heavy atom. The molecule has 4 rings (SSSR count). The molecule has 12 heteroatoms. The van der Waals surface area contributed by atoms with Crippen molar-refractivity contribution in [2.45, 2.75) is 52.0 Å². The number of carbonyl (C=O) groups is 1. The van der Waals surface area contributed by atoms with E-state index in [1.165, 1.54) is 13.4 Å². The summed E-state index contributed by atoms with van der Waals surface area (Å²) in [6.07, 6.45) is 4.67. The zero-order valence-electron chi connectivity index (χ0n) is 26.2. The standard InChI is InChI=1S/C31H42N6O5S/c1-20-9-10-21(15-26(20)42-28-18-27(32-19-33-28)37-13-11-23(12-14-37)36(5)6)30(38)34-24-16-22(31(2,3)4)17-25(29(24)41-7)35-43(8,39)40/h9-10,15-19,23,35H,11-14H2,1-8H3,(H,34,38). The number of piperidine rings is 1. The fourth-order valence-electron chi connectivity index (χ4n) is 4.98. The molecule has 1 aliphatic heterocycles. The number of aromatic nitrogens is 2. The van der Waals surface area contributed by atoms with Crippen LogP contribution < -0.4 is 24.4 Å². The second-order valence-electron chi connectivity index (χ2n) is 12.2.